The van der Waals surface area contributed by atoms with Gasteiger partial charge in [0.1, 0.15) is 24.4 Å². The molecule has 11 heavy (non-hydrogen) atoms. The van der Waals surface area contributed by atoms with Gasteiger partial charge in [-0.2, -0.15) is 0 Å². The number of hydrogen-bond donors (Lipinski definition) is 4. The van der Waals surface area contributed by atoms with Gasteiger partial charge >= 0.3 is 0 Å². The Kier molecular flexibility index (Phi) is 2.80. The molecule has 4 N–H and O–H groups in total. The summed E-state index contributed by atoms with van der Waals surface area (Å²) in [4.78, 5) is 0. The molecule has 0 unspecified atom stereocenters. The fourth-order valence-corrected chi connectivity index (χ4v) is 1.03. The van der Waals surface area contributed by atoms with E-state index in [2.05, 4.69) is 0 Å². The lowest BCUT2D eigenvalue weighted by Gasteiger charge is -2.34. The van der Waals surface area contributed by atoms with E-state index in [1.54, 1.807) is 0 Å². The zero-order chi connectivity index (χ0) is 8.43. The maximum absolute atomic E-state index is 9.11. The lowest BCUT2D eigenvalue weighted by atomic mass is 10.0. The van der Waals surface area contributed by atoms with Crippen LogP contribution in [0.25, 0.3) is 0 Å². The van der Waals surface area contributed by atoms with Gasteiger partial charge in [0.2, 0.25) is 0 Å². The van der Waals surface area contributed by atoms with Gasteiger partial charge in [0.15, 0.2) is 0 Å². The average Bonchev–Trinajstić information content (AvgIpc) is 2.01. The summed E-state index contributed by atoms with van der Waals surface area (Å²) in [6, 6.07) is 0. The topological polar surface area (TPSA) is 90.2 Å². The molecular formula is C6H14O5. The van der Waals surface area contributed by atoms with E-state index in [4.69, 9.17) is 25.2 Å². The summed E-state index contributed by atoms with van der Waals surface area (Å²) in [6.45, 7) is -0.408. The third-order valence-corrected chi connectivity index (χ3v) is 1.79. The predicted molar refractivity (Wildman–Crippen MR) is 37.0 cm³/mol. The normalized spacial score (nSPS) is 45.8. The molecule has 0 bridgehead atoms. The third kappa shape index (κ3) is 1.69. The second-order valence-corrected chi connectivity index (χ2v) is 2.60. The Morgan fingerprint density at radius 2 is 1.91 bits per heavy atom. The zero-order valence-corrected chi connectivity index (χ0v) is 5.92. The monoisotopic (exact) mass is 166 g/mol. The average molecular weight is 166 g/mol. The van der Waals surface area contributed by atoms with Crippen molar-refractivity contribution in [3.8, 4) is 0 Å². The minimum Gasteiger partial charge on any atom is -0.394 e. The Hall–Kier alpha value is -0.200. The van der Waals surface area contributed by atoms with Crippen LogP contribution in [0.15, 0.2) is 0 Å². The largest absolute Gasteiger partial charge is 0.394 e. The first kappa shape index (κ1) is 8.89. The molecule has 0 saturated carbocycles. The molecule has 0 aromatic carbocycles. The molecule has 0 aliphatic carbocycles. The quantitative estimate of drug-likeness (QED) is 0.352. The fourth-order valence-electron chi connectivity index (χ4n) is 1.03. The first-order valence-corrected chi connectivity index (χ1v) is 3.43. The van der Waals surface area contributed by atoms with Crippen LogP contribution in [0.4, 0.5) is 0 Å². The van der Waals surface area contributed by atoms with Gasteiger partial charge in [-0.3, -0.25) is 0 Å². The van der Waals surface area contributed by atoms with E-state index in [0.29, 0.717) is 0 Å². The van der Waals surface area contributed by atoms with Crippen molar-refractivity contribution in [2.75, 3.05) is 13.2 Å². The van der Waals surface area contributed by atoms with Crippen molar-refractivity contribution in [2.24, 2.45) is 0 Å². The Morgan fingerprint density at radius 1 is 1.27 bits per heavy atom. The van der Waals surface area contributed by atoms with Gasteiger partial charge < -0.3 is 25.2 Å². The highest BCUT2D eigenvalue weighted by Crippen LogP contribution is 2.14. The molecule has 68 valence electrons. The lowest BCUT2D eigenvalue weighted by Crippen LogP contribution is -2.53. The van der Waals surface area contributed by atoms with Gasteiger partial charge in [-0.05, 0) is 0 Å². The van der Waals surface area contributed by atoms with E-state index in [-0.39, 0.29) is 14.6 Å². The summed E-state index contributed by atoms with van der Waals surface area (Å²) in [7, 11) is 0. The number of rotatable bonds is 1. The van der Waals surface area contributed by atoms with Gasteiger partial charge in [-0.15, -0.1) is 0 Å². The van der Waals surface area contributed by atoms with Crippen LogP contribution in [-0.4, -0.2) is 58.1 Å². The summed E-state index contributed by atoms with van der Waals surface area (Å²) in [5, 5.41) is 35.7. The SMILES string of the molecule is OC[C@H]1OC[C@@H](O)[C@@H](O)[C@@H]1O.[HH]. The highest BCUT2D eigenvalue weighted by atomic mass is 16.5. The number of ether oxygens (including phenoxy) is 1. The molecule has 0 aromatic heterocycles. The van der Waals surface area contributed by atoms with Crippen molar-refractivity contribution in [1.29, 1.82) is 0 Å². The van der Waals surface area contributed by atoms with E-state index in [9.17, 15) is 0 Å². The van der Waals surface area contributed by atoms with Crippen LogP contribution in [0.3, 0.4) is 0 Å². The van der Waals surface area contributed by atoms with Crippen LogP contribution in [0.1, 0.15) is 1.43 Å². The molecule has 0 radical (unpaired) electrons. The predicted octanol–water partition coefficient (Wildman–Crippen LogP) is -2.29. The van der Waals surface area contributed by atoms with Crippen molar-refractivity contribution >= 4 is 0 Å². The molecule has 5 heteroatoms. The van der Waals surface area contributed by atoms with E-state index in [1.807, 2.05) is 0 Å². The summed E-state index contributed by atoms with van der Waals surface area (Å²) >= 11 is 0. The van der Waals surface area contributed by atoms with E-state index in [0.717, 1.165) is 0 Å². The van der Waals surface area contributed by atoms with Crippen LogP contribution >= 0.6 is 0 Å². The fraction of sp³-hybridized carbons (Fsp3) is 1.00. The third-order valence-electron chi connectivity index (χ3n) is 1.79. The van der Waals surface area contributed by atoms with Crippen LogP contribution in [-0.2, 0) is 4.74 Å². The smallest absolute Gasteiger partial charge is 0.111 e. The molecule has 1 saturated heterocycles. The van der Waals surface area contributed by atoms with Gasteiger partial charge in [0.25, 0.3) is 0 Å². The van der Waals surface area contributed by atoms with Crippen LogP contribution in [0, 0.1) is 0 Å². The maximum Gasteiger partial charge on any atom is 0.111 e. The van der Waals surface area contributed by atoms with Crippen molar-refractivity contribution in [3.63, 3.8) is 0 Å². The van der Waals surface area contributed by atoms with Gasteiger partial charge in [0, 0.05) is 1.43 Å². The molecule has 1 rings (SSSR count). The standard InChI is InChI=1S/C6H12O5.H2/c7-1-4-6(10)5(9)3(8)2-11-4;/h3-10H,1-2H2;1H/t3-,4-,5-,6-;/m1./s1. The molecular weight excluding hydrogens is 152 g/mol. The van der Waals surface area contributed by atoms with Crippen LogP contribution < -0.4 is 0 Å². The van der Waals surface area contributed by atoms with E-state index in [1.165, 1.54) is 0 Å². The molecule has 5 nitrogen and oxygen atoms in total. The van der Waals surface area contributed by atoms with Crippen LogP contribution in [0.2, 0.25) is 0 Å². The van der Waals surface area contributed by atoms with Crippen LogP contribution in [0.5, 0.6) is 0 Å². The van der Waals surface area contributed by atoms with Gasteiger partial charge in [0.05, 0.1) is 13.2 Å². The van der Waals surface area contributed by atoms with Crippen molar-refractivity contribution in [3.05, 3.63) is 0 Å². The Balaban J connectivity index is 0.00000121. The molecule has 1 fully saturated rings. The molecule has 0 amide bonds. The highest BCUT2D eigenvalue weighted by Gasteiger charge is 2.36. The molecule has 0 spiro atoms. The highest BCUT2D eigenvalue weighted by molar-refractivity contribution is 4.85. The summed E-state index contributed by atoms with van der Waals surface area (Å²) < 4.78 is 4.81. The number of aliphatic hydroxyl groups excluding tert-OH is 4. The Labute approximate surface area is 65.3 Å². The second-order valence-electron chi connectivity index (χ2n) is 2.60. The Morgan fingerprint density at radius 3 is 2.45 bits per heavy atom. The van der Waals surface area contributed by atoms with Crippen molar-refractivity contribution in [2.45, 2.75) is 24.4 Å². The van der Waals surface area contributed by atoms with Crippen molar-refractivity contribution in [1.82, 2.24) is 0 Å². The molecule has 1 aliphatic heterocycles. The van der Waals surface area contributed by atoms with E-state index < -0.39 is 24.4 Å². The summed E-state index contributed by atoms with van der Waals surface area (Å²) in [5.41, 5.74) is 0. The zero-order valence-electron chi connectivity index (χ0n) is 5.92. The van der Waals surface area contributed by atoms with E-state index >= 15 is 0 Å². The summed E-state index contributed by atoms with van der Waals surface area (Å²) in [5.74, 6) is 0. The maximum atomic E-state index is 9.11. The molecule has 1 heterocycles. The lowest BCUT2D eigenvalue weighted by molar-refractivity contribution is -0.195. The molecule has 1 aliphatic rings. The second kappa shape index (κ2) is 3.46. The minimum absolute atomic E-state index is 0. The van der Waals surface area contributed by atoms with Crippen molar-refractivity contribution < 1.29 is 26.6 Å². The number of hydrogen-bond acceptors (Lipinski definition) is 5. The first-order valence-electron chi connectivity index (χ1n) is 3.43. The van der Waals surface area contributed by atoms with Gasteiger partial charge in [-0.25, -0.2) is 0 Å². The molecule has 0 aromatic rings. The Bertz CT molecular complexity index is 131. The minimum atomic E-state index is -1.22. The number of aliphatic hydroxyl groups is 4. The first-order chi connectivity index (χ1) is 5.16. The van der Waals surface area contributed by atoms with Gasteiger partial charge in [-0.1, -0.05) is 0 Å². The summed E-state index contributed by atoms with van der Waals surface area (Å²) in [6.07, 6.45) is -4.27. The molecule has 4 atom stereocenters.